The molecule has 90 valence electrons. The number of nitrogens with zero attached hydrogens (tertiary/aromatic N) is 4. The molecule has 0 amide bonds. The largest absolute Gasteiger partial charge is 0.313 e. The van der Waals surface area contributed by atoms with Crippen LogP contribution in [0.1, 0.15) is 17.0 Å². The highest BCUT2D eigenvalue weighted by atomic mass is 16.6. The lowest BCUT2D eigenvalue weighted by atomic mass is 10.2. The highest BCUT2D eigenvalue weighted by Gasteiger charge is 2.22. The van der Waals surface area contributed by atoms with Crippen molar-refractivity contribution in [2.24, 2.45) is 0 Å². The monoisotopic (exact) mass is 242 g/mol. The van der Waals surface area contributed by atoms with E-state index < -0.39 is 4.92 Å². The Bertz CT molecular complexity index is 667. The SMILES string of the molecule is Cc1nn(-c2cccc(C#N)c2)c(C)c1[N+](=O)[O-]. The Labute approximate surface area is 103 Å². The van der Waals surface area contributed by atoms with E-state index >= 15 is 0 Å². The fraction of sp³-hybridized carbons (Fsp3) is 0.167. The van der Waals surface area contributed by atoms with Gasteiger partial charge in [-0.2, -0.15) is 10.4 Å². The van der Waals surface area contributed by atoms with Crippen molar-refractivity contribution in [1.82, 2.24) is 9.78 Å². The summed E-state index contributed by atoms with van der Waals surface area (Å²) < 4.78 is 1.48. The standard InChI is InChI=1S/C12H10N4O2/c1-8-12(16(17)18)9(2)15(14-8)11-5-3-4-10(6-11)7-13/h3-6H,1-2H3. The second kappa shape index (κ2) is 4.30. The summed E-state index contributed by atoms with van der Waals surface area (Å²) in [7, 11) is 0. The molecule has 6 heteroatoms. The number of rotatable bonds is 2. The second-order valence-electron chi connectivity index (χ2n) is 3.85. The highest BCUT2D eigenvalue weighted by molar-refractivity contribution is 5.47. The van der Waals surface area contributed by atoms with Gasteiger partial charge in [-0.3, -0.25) is 10.1 Å². The van der Waals surface area contributed by atoms with Crippen molar-refractivity contribution in [1.29, 1.82) is 5.26 Å². The molecule has 18 heavy (non-hydrogen) atoms. The van der Waals surface area contributed by atoms with Gasteiger partial charge in [-0.25, -0.2) is 4.68 Å². The van der Waals surface area contributed by atoms with Crippen molar-refractivity contribution in [3.05, 3.63) is 51.3 Å². The van der Waals surface area contributed by atoms with E-state index in [2.05, 4.69) is 5.10 Å². The number of aromatic nitrogens is 2. The van der Waals surface area contributed by atoms with Crippen LogP contribution in [-0.4, -0.2) is 14.7 Å². The molecule has 0 saturated carbocycles. The van der Waals surface area contributed by atoms with E-state index in [4.69, 9.17) is 5.26 Å². The van der Waals surface area contributed by atoms with Gasteiger partial charge < -0.3 is 0 Å². The first-order valence-electron chi connectivity index (χ1n) is 5.25. The topological polar surface area (TPSA) is 84.8 Å². The zero-order valence-corrected chi connectivity index (χ0v) is 9.91. The first-order chi connectivity index (χ1) is 8.54. The highest BCUT2D eigenvalue weighted by Crippen LogP contribution is 2.24. The van der Waals surface area contributed by atoms with Crippen LogP contribution in [0.3, 0.4) is 0 Å². The zero-order chi connectivity index (χ0) is 13.3. The van der Waals surface area contributed by atoms with E-state index in [1.807, 2.05) is 6.07 Å². The molecular weight excluding hydrogens is 232 g/mol. The van der Waals surface area contributed by atoms with Crippen LogP contribution in [0.25, 0.3) is 5.69 Å². The molecule has 0 radical (unpaired) electrons. The molecule has 1 aromatic heterocycles. The average molecular weight is 242 g/mol. The van der Waals surface area contributed by atoms with Crippen molar-refractivity contribution in [3.63, 3.8) is 0 Å². The third-order valence-corrected chi connectivity index (χ3v) is 2.66. The molecule has 1 heterocycles. The van der Waals surface area contributed by atoms with Gasteiger partial charge in [-0.1, -0.05) is 6.07 Å². The summed E-state index contributed by atoms with van der Waals surface area (Å²) in [4.78, 5) is 10.5. The van der Waals surface area contributed by atoms with E-state index in [1.165, 1.54) is 4.68 Å². The molecule has 6 nitrogen and oxygen atoms in total. The summed E-state index contributed by atoms with van der Waals surface area (Å²) in [6.45, 7) is 3.23. The first kappa shape index (κ1) is 11.8. The summed E-state index contributed by atoms with van der Waals surface area (Å²) in [6.07, 6.45) is 0. The molecule has 2 rings (SSSR count). The number of nitro groups is 1. The van der Waals surface area contributed by atoms with Gasteiger partial charge in [-0.15, -0.1) is 0 Å². The molecule has 0 N–H and O–H groups in total. The van der Waals surface area contributed by atoms with Crippen molar-refractivity contribution < 1.29 is 4.92 Å². The zero-order valence-electron chi connectivity index (χ0n) is 9.91. The van der Waals surface area contributed by atoms with Crippen LogP contribution in [0, 0.1) is 35.3 Å². The molecule has 0 saturated heterocycles. The van der Waals surface area contributed by atoms with Crippen LogP contribution in [0.2, 0.25) is 0 Å². The lowest BCUT2D eigenvalue weighted by Gasteiger charge is -2.03. The summed E-state index contributed by atoms with van der Waals surface area (Å²) >= 11 is 0. The molecule has 0 aliphatic carbocycles. The first-order valence-corrected chi connectivity index (χ1v) is 5.25. The molecule has 0 aliphatic rings. The van der Waals surface area contributed by atoms with Gasteiger partial charge in [0.15, 0.2) is 0 Å². The summed E-state index contributed by atoms with van der Waals surface area (Å²) in [5.41, 5.74) is 1.95. The number of hydrogen-bond acceptors (Lipinski definition) is 4. The lowest BCUT2D eigenvalue weighted by Crippen LogP contribution is -2.00. The van der Waals surface area contributed by atoms with Crippen molar-refractivity contribution in [2.45, 2.75) is 13.8 Å². The van der Waals surface area contributed by atoms with Crippen LogP contribution in [-0.2, 0) is 0 Å². The van der Waals surface area contributed by atoms with E-state index in [-0.39, 0.29) is 5.69 Å². The van der Waals surface area contributed by atoms with Gasteiger partial charge >= 0.3 is 5.69 Å². The predicted molar refractivity (Wildman–Crippen MR) is 64.4 cm³/mol. The number of hydrogen-bond donors (Lipinski definition) is 0. The van der Waals surface area contributed by atoms with Gasteiger partial charge in [0.05, 0.1) is 22.2 Å². The van der Waals surface area contributed by atoms with E-state index in [9.17, 15) is 10.1 Å². The quantitative estimate of drug-likeness (QED) is 0.597. The van der Waals surface area contributed by atoms with E-state index in [0.717, 1.165) is 0 Å². The molecule has 2 aromatic rings. The van der Waals surface area contributed by atoms with Crippen LogP contribution in [0.4, 0.5) is 5.69 Å². The van der Waals surface area contributed by atoms with Crippen molar-refractivity contribution >= 4 is 5.69 Å². The van der Waals surface area contributed by atoms with Gasteiger partial charge in [0.25, 0.3) is 0 Å². The molecule has 0 fully saturated rings. The molecule has 0 unspecified atom stereocenters. The Morgan fingerprint density at radius 1 is 1.44 bits per heavy atom. The molecule has 0 bridgehead atoms. The minimum absolute atomic E-state index is 0.0114. The maximum absolute atomic E-state index is 10.9. The van der Waals surface area contributed by atoms with Crippen LogP contribution < -0.4 is 0 Å². The predicted octanol–water partition coefficient (Wildman–Crippen LogP) is 2.27. The molecule has 1 aromatic carbocycles. The number of nitriles is 1. The third kappa shape index (κ3) is 1.82. The van der Waals surface area contributed by atoms with Crippen molar-refractivity contribution in [2.75, 3.05) is 0 Å². The van der Waals surface area contributed by atoms with E-state index in [1.54, 1.807) is 38.1 Å². The fourth-order valence-corrected chi connectivity index (χ4v) is 1.86. The molecular formula is C12H10N4O2. The summed E-state index contributed by atoms with van der Waals surface area (Å²) in [5.74, 6) is 0. The average Bonchev–Trinajstić information content (AvgIpc) is 2.65. The molecule has 0 spiro atoms. The smallest absolute Gasteiger partial charge is 0.258 e. The Hall–Kier alpha value is -2.68. The normalized spacial score (nSPS) is 10.1. The lowest BCUT2D eigenvalue weighted by molar-refractivity contribution is -0.386. The second-order valence-corrected chi connectivity index (χ2v) is 3.85. The number of aryl methyl sites for hydroxylation is 1. The minimum atomic E-state index is -0.442. The molecule has 0 aliphatic heterocycles. The Morgan fingerprint density at radius 2 is 2.17 bits per heavy atom. The Kier molecular flexibility index (Phi) is 2.81. The minimum Gasteiger partial charge on any atom is -0.258 e. The van der Waals surface area contributed by atoms with Gasteiger partial charge in [-0.05, 0) is 32.0 Å². The van der Waals surface area contributed by atoms with Gasteiger partial charge in [0, 0.05) is 0 Å². The third-order valence-electron chi connectivity index (χ3n) is 2.66. The number of benzene rings is 1. The van der Waals surface area contributed by atoms with Crippen LogP contribution in [0.15, 0.2) is 24.3 Å². The van der Waals surface area contributed by atoms with Crippen LogP contribution >= 0.6 is 0 Å². The fourth-order valence-electron chi connectivity index (χ4n) is 1.86. The van der Waals surface area contributed by atoms with Gasteiger partial charge in [0.2, 0.25) is 0 Å². The van der Waals surface area contributed by atoms with Gasteiger partial charge in [0.1, 0.15) is 11.4 Å². The summed E-state index contributed by atoms with van der Waals surface area (Å²) in [6, 6.07) is 8.81. The summed E-state index contributed by atoms with van der Waals surface area (Å²) in [5, 5.41) is 23.9. The maximum Gasteiger partial charge on any atom is 0.313 e. The maximum atomic E-state index is 10.9. The van der Waals surface area contributed by atoms with E-state index in [0.29, 0.717) is 22.6 Å². The Morgan fingerprint density at radius 3 is 2.72 bits per heavy atom. The Balaban J connectivity index is 2.62. The van der Waals surface area contributed by atoms with Crippen molar-refractivity contribution in [3.8, 4) is 11.8 Å². The molecule has 0 atom stereocenters. The van der Waals surface area contributed by atoms with Crippen LogP contribution in [0.5, 0.6) is 0 Å².